The molecule has 2 aromatic carbocycles. The highest BCUT2D eigenvalue weighted by Gasteiger charge is 2.73. The molecule has 2 fully saturated rings. The number of phenolic OH excluding ortho intramolecular Hbond substituents is 1. The Balaban J connectivity index is 1.37. The summed E-state index contributed by atoms with van der Waals surface area (Å²) >= 11 is 0. The second kappa shape index (κ2) is 8.22. The first kappa shape index (κ1) is 23.3. The molecule has 4 aliphatic rings. The van der Waals surface area contributed by atoms with Gasteiger partial charge in [0.15, 0.2) is 11.5 Å². The van der Waals surface area contributed by atoms with Crippen molar-refractivity contribution in [3.8, 4) is 11.5 Å². The van der Waals surface area contributed by atoms with Gasteiger partial charge >= 0.3 is 0 Å². The number of nitrogens with zero attached hydrogens (tertiary/aromatic N) is 2. The first-order chi connectivity index (χ1) is 17.3. The third-order valence-electron chi connectivity index (χ3n) is 9.25. The van der Waals surface area contributed by atoms with E-state index in [9.17, 15) is 15.0 Å². The number of likely N-dealkylation sites (tertiary alicyclic amines) is 1. The summed E-state index contributed by atoms with van der Waals surface area (Å²) in [5.41, 5.74) is 2.59. The molecule has 36 heavy (non-hydrogen) atoms. The maximum atomic E-state index is 13.3. The van der Waals surface area contributed by atoms with E-state index in [0.717, 1.165) is 29.8 Å². The molecule has 2 aliphatic carbocycles. The Hall–Kier alpha value is -3.09. The predicted octanol–water partition coefficient (Wildman–Crippen LogP) is 3.58. The highest BCUT2D eigenvalue weighted by atomic mass is 16.5. The number of hydrogen-bond donors (Lipinski definition) is 2. The van der Waals surface area contributed by atoms with Gasteiger partial charge in [0.05, 0.1) is 17.1 Å². The molecular formula is C30H34N2O4. The predicted molar refractivity (Wildman–Crippen MR) is 139 cm³/mol. The molecule has 1 saturated carbocycles. The van der Waals surface area contributed by atoms with Crippen molar-refractivity contribution in [3.05, 3.63) is 77.4 Å². The SMILES string of the molecule is C=CCN1CC[C@]23c4c5ccc(O)c4OC2C(N(C)C(=O)/C=C/c2ccc(C)cc2)CC[C@@]3(O)[C@H]1C5. The zero-order valence-corrected chi connectivity index (χ0v) is 21.0. The molecule has 0 aromatic heterocycles. The van der Waals surface area contributed by atoms with Crippen LogP contribution in [0.5, 0.6) is 11.5 Å². The number of phenols is 1. The summed E-state index contributed by atoms with van der Waals surface area (Å²) in [6, 6.07) is 11.5. The van der Waals surface area contributed by atoms with Crippen LogP contribution >= 0.6 is 0 Å². The van der Waals surface area contributed by atoms with E-state index in [2.05, 4.69) is 11.5 Å². The second-order valence-electron chi connectivity index (χ2n) is 10.9. The fraction of sp³-hybridized carbons (Fsp3) is 0.433. The van der Waals surface area contributed by atoms with Gasteiger partial charge in [-0.15, -0.1) is 6.58 Å². The Kier molecular flexibility index (Phi) is 5.32. The molecular weight excluding hydrogens is 452 g/mol. The Morgan fingerprint density at radius 2 is 2.03 bits per heavy atom. The molecule has 6 heteroatoms. The Labute approximate surface area is 212 Å². The molecule has 5 atom stereocenters. The molecule has 0 radical (unpaired) electrons. The van der Waals surface area contributed by atoms with Crippen molar-refractivity contribution in [1.82, 2.24) is 9.80 Å². The van der Waals surface area contributed by atoms with Gasteiger partial charge in [0.2, 0.25) is 5.91 Å². The molecule has 1 amide bonds. The van der Waals surface area contributed by atoms with Gasteiger partial charge in [0.25, 0.3) is 0 Å². The summed E-state index contributed by atoms with van der Waals surface area (Å²) in [6.07, 6.45) is 7.56. The Morgan fingerprint density at radius 1 is 1.25 bits per heavy atom. The van der Waals surface area contributed by atoms with E-state index < -0.39 is 17.1 Å². The van der Waals surface area contributed by atoms with Crippen LogP contribution in [0, 0.1) is 6.92 Å². The van der Waals surface area contributed by atoms with Gasteiger partial charge in [-0.1, -0.05) is 42.0 Å². The molecule has 2 unspecified atom stereocenters. The standard InChI is InChI=1S/C30H34N2O4/c1-4-16-32-17-15-29-26-21-10-11-23(33)27(26)36-28(29)22(13-14-30(29,35)24(32)18-21)31(3)25(34)12-9-20-7-5-19(2)6-8-20/h4-12,22,24,28,33,35H,1,13-18H2,2-3H3/b12-9+/t22?,24-,28?,29+,30-/m1/s1. The molecule has 6 nitrogen and oxygen atoms in total. The lowest BCUT2D eigenvalue weighted by molar-refractivity contribution is -0.198. The number of likely N-dealkylation sites (N-methyl/N-ethyl adjacent to an activating group) is 1. The topological polar surface area (TPSA) is 73.2 Å². The zero-order chi connectivity index (χ0) is 25.2. The first-order valence-corrected chi connectivity index (χ1v) is 12.9. The third kappa shape index (κ3) is 3.07. The Morgan fingerprint density at radius 3 is 2.78 bits per heavy atom. The van der Waals surface area contributed by atoms with Crippen molar-refractivity contribution in [2.24, 2.45) is 0 Å². The van der Waals surface area contributed by atoms with Crippen molar-refractivity contribution in [3.63, 3.8) is 0 Å². The van der Waals surface area contributed by atoms with Gasteiger partial charge in [-0.05, 0) is 62.4 Å². The number of hydrogen-bond acceptors (Lipinski definition) is 5. The Bertz CT molecular complexity index is 1250. The molecule has 2 aliphatic heterocycles. The van der Waals surface area contributed by atoms with Crippen LogP contribution in [0.1, 0.15) is 41.5 Å². The maximum Gasteiger partial charge on any atom is 0.246 e. The van der Waals surface area contributed by atoms with Gasteiger partial charge in [0, 0.05) is 31.3 Å². The van der Waals surface area contributed by atoms with Crippen molar-refractivity contribution >= 4 is 12.0 Å². The molecule has 188 valence electrons. The normalized spacial score (nSPS) is 32.1. The third-order valence-corrected chi connectivity index (χ3v) is 9.25. The van der Waals surface area contributed by atoms with E-state index in [1.54, 1.807) is 17.0 Å². The van der Waals surface area contributed by atoms with Crippen LogP contribution in [-0.4, -0.2) is 69.8 Å². The lowest BCUT2D eigenvalue weighted by Crippen LogP contribution is -2.78. The number of aromatic hydroxyl groups is 1. The summed E-state index contributed by atoms with van der Waals surface area (Å²) < 4.78 is 6.56. The number of carbonyl (C=O) groups excluding carboxylic acids is 1. The van der Waals surface area contributed by atoms with E-state index in [1.165, 1.54) is 5.56 Å². The number of carbonyl (C=O) groups is 1. The molecule has 1 spiro atoms. The van der Waals surface area contributed by atoms with Gasteiger partial charge in [0.1, 0.15) is 6.10 Å². The number of benzene rings is 2. The number of piperidine rings is 1. The maximum absolute atomic E-state index is 13.3. The minimum absolute atomic E-state index is 0.0540. The van der Waals surface area contributed by atoms with Crippen molar-refractivity contribution in [1.29, 1.82) is 0 Å². The average Bonchev–Trinajstić information content (AvgIpc) is 3.22. The fourth-order valence-corrected chi connectivity index (χ4v) is 7.51. The number of rotatable bonds is 5. The van der Waals surface area contributed by atoms with E-state index in [1.807, 2.05) is 56.5 Å². The minimum atomic E-state index is -0.997. The summed E-state index contributed by atoms with van der Waals surface area (Å²) in [7, 11) is 1.83. The number of ether oxygens (including phenoxy) is 1. The molecule has 1 saturated heterocycles. The highest BCUT2D eigenvalue weighted by molar-refractivity contribution is 5.92. The second-order valence-corrected chi connectivity index (χ2v) is 10.9. The lowest BCUT2D eigenvalue weighted by atomic mass is 9.48. The van der Waals surface area contributed by atoms with Crippen molar-refractivity contribution in [2.45, 2.75) is 61.8 Å². The largest absolute Gasteiger partial charge is 0.504 e. The summed E-state index contributed by atoms with van der Waals surface area (Å²) in [6.45, 7) is 7.50. The summed E-state index contributed by atoms with van der Waals surface area (Å²) in [4.78, 5) is 17.4. The monoisotopic (exact) mass is 486 g/mol. The first-order valence-electron chi connectivity index (χ1n) is 12.9. The van der Waals surface area contributed by atoms with E-state index >= 15 is 0 Å². The molecule has 2 heterocycles. The molecule has 2 bridgehead atoms. The van der Waals surface area contributed by atoms with E-state index in [4.69, 9.17) is 4.74 Å². The zero-order valence-electron chi connectivity index (χ0n) is 21.0. The molecule has 2 N–H and O–H groups in total. The van der Waals surface area contributed by atoms with Gasteiger partial charge < -0.3 is 19.8 Å². The average molecular weight is 487 g/mol. The number of aryl methyl sites for hydroxylation is 1. The lowest BCUT2D eigenvalue weighted by Gasteiger charge is -2.64. The minimum Gasteiger partial charge on any atom is -0.504 e. The van der Waals surface area contributed by atoms with Gasteiger partial charge in [-0.3, -0.25) is 9.69 Å². The fourth-order valence-electron chi connectivity index (χ4n) is 7.51. The number of aliphatic hydroxyl groups is 1. The van der Waals surface area contributed by atoms with Crippen LogP contribution in [0.3, 0.4) is 0 Å². The van der Waals surface area contributed by atoms with Gasteiger partial charge in [-0.25, -0.2) is 0 Å². The van der Waals surface area contributed by atoms with Crippen LogP contribution in [0.2, 0.25) is 0 Å². The molecule has 6 rings (SSSR count). The quantitative estimate of drug-likeness (QED) is 0.499. The van der Waals surface area contributed by atoms with E-state index in [0.29, 0.717) is 31.4 Å². The summed E-state index contributed by atoms with van der Waals surface area (Å²) in [5, 5.41) is 23.2. The van der Waals surface area contributed by atoms with E-state index in [-0.39, 0.29) is 23.7 Å². The summed E-state index contributed by atoms with van der Waals surface area (Å²) in [5.74, 6) is 0.510. The van der Waals surface area contributed by atoms with Crippen LogP contribution in [0.15, 0.2) is 55.1 Å². The van der Waals surface area contributed by atoms with Crippen LogP contribution in [0.25, 0.3) is 6.08 Å². The van der Waals surface area contributed by atoms with Crippen LogP contribution < -0.4 is 4.74 Å². The van der Waals surface area contributed by atoms with Crippen LogP contribution in [0.4, 0.5) is 0 Å². The van der Waals surface area contributed by atoms with Gasteiger partial charge in [-0.2, -0.15) is 0 Å². The van der Waals surface area contributed by atoms with Crippen molar-refractivity contribution < 1.29 is 19.7 Å². The smallest absolute Gasteiger partial charge is 0.246 e. The van der Waals surface area contributed by atoms with Crippen LogP contribution in [-0.2, 0) is 16.6 Å². The number of amides is 1. The molecule has 2 aromatic rings. The highest BCUT2D eigenvalue weighted by Crippen LogP contribution is 2.65. The van der Waals surface area contributed by atoms with Crippen molar-refractivity contribution in [2.75, 3.05) is 20.1 Å².